The van der Waals surface area contributed by atoms with Crippen LogP contribution in [-0.4, -0.2) is 48.6 Å². The standard InChI is InChI=1S/C18H22FN3OS/c19-16-5-3-15(4-6-16)14-20-18(23)22-11-9-21(10-12-22)8-7-17-2-1-13-24-17/h1-6,13H,7-12,14H2,(H,20,23). The molecule has 4 nitrogen and oxygen atoms in total. The summed E-state index contributed by atoms with van der Waals surface area (Å²) in [6, 6.07) is 10.4. The van der Waals surface area contributed by atoms with E-state index in [2.05, 4.69) is 27.7 Å². The monoisotopic (exact) mass is 347 g/mol. The van der Waals surface area contributed by atoms with Gasteiger partial charge in [-0.05, 0) is 35.6 Å². The molecule has 1 N–H and O–H groups in total. The first-order chi connectivity index (χ1) is 11.7. The molecule has 0 spiro atoms. The maximum atomic E-state index is 12.9. The van der Waals surface area contributed by atoms with E-state index in [1.54, 1.807) is 23.5 Å². The summed E-state index contributed by atoms with van der Waals surface area (Å²) in [4.78, 5) is 17.9. The zero-order valence-electron chi connectivity index (χ0n) is 13.6. The number of benzene rings is 1. The Bertz CT molecular complexity index is 637. The molecule has 1 aliphatic rings. The molecule has 2 heterocycles. The van der Waals surface area contributed by atoms with Crippen LogP contribution in [-0.2, 0) is 13.0 Å². The summed E-state index contributed by atoms with van der Waals surface area (Å²) >= 11 is 1.80. The third kappa shape index (κ3) is 4.79. The van der Waals surface area contributed by atoms with Gasteiger partial charge in [0.25, 0.3) is 0 Å². The molecule has 3 rings (SSSR count). The van der Waals surface area contributed by atoms with Crippen LogP contribution in [0.25, 0.3) is 0 Å². The van der Waals surface area contributed by atoms with E-state index in [0.717, 1.165) is 44.7 Å². The van der Waals surface area contributed by atoms with E-state index in [-0.39, 0.29) is 11.8 Å². The molecule has 0 saturated carbocycles. The number of nitrogens with one attached hydrogen (secondary N) is 1. The van der Waals surface area contributed by atoms with Crippen molar-refractivity contribution in [3.05, 3.63) is 58.0 Å². The van der Waals surface area contributed by atoms with Crippen LogP contribution >= 0.6 is 11.3 Å². The summed E-state index contributed by atoms with van der Waals surface area (Å²) in [5.41, 5.74) is 0.902. The van der Waals surface area contributed by atoms with Gasteiger partial charge in [0.2, 0.25) is 0 Å². The largest absolute Gasteiger partial charge is 0.334 e. The highest BCUT2D eigenvalue weighted by molar-refractivity contribution is 7.09. The second kappa shape index (κ2) is 8.26. The first-order valence-corrected chi connectivity index (χ1v) is 9.10. The van der Waals surface area contributed by atoms with Crippen molar-refractivity contribution < 1.29 is 9.18 Å². The van der Waals surface area contributed by atoms with Gasteiger partial charge in [0.15, 0.2) is 0 Å². The van der Waals surface area contributed by atoms with E-state index in [1.165, 1.54) is 17.0 Å². The third-order valence-electron chi connectivity index (χ3n) is 4.27. The van der Waals surface area contributed by atoms with Crippen LogP contribution in [0.15, 0.2) is 41.8 Å². The first kappa shape index (κ1) is 16.9. The van der Waals surface area contributed by atoms with E-state index in [4.69, 9.17) is 0 Å². The van der Waals surface area contributed by atoms with E-state index >= 15 is 0 Å². The van der Waals surface area contributed by atoms with Gasteiger partial charge in [0.05, 0.1) is 0 Å². The predicted octanol–water partition coefficient (Wildman–Crippen LogP) is 2.96. The molecule has 128 valence electrons. The third-order valence-corrected chi connectivity index (χ3v) is 5.21. The average molecular weight is 347 g/mol. The number of hydrogen-bond donors (Lipinski definition) is 1. The SMILES string of the molecule is O=C(NCc1ccc(F)cc1)N1CCN(CCc2cccs2)CC1. The number of carbonyl (C=O) groups is 1. The molecule has 0 aliphatic carbocycles. The zero-order valence-corrected chi connectivity index (χ0v) is 14.4. The molecule has 1 fully saturated rings. The lowest BCUT2D eigenvalue weighted by Crippen LogP contribution is -2.51. The van der Waals surface area contributed by atoms with Gasteiger partial charge in [-0.2, -0.15) is 0 Å². The summed E-state index contributed by atoms with van der Waals surface area (Å²) < 4.78 is 12.9. The van der Waals surface area contributed by atoms with Crippen molar-refractivity contribution in [3.63, 3.8) is 0 Å². The fraction of sp³-hybridized carbons (Fsp3) is 0.389. The van der Waals surface area contributed by atoms with Gasteiger partial charge in [-0.3, -0.25) is 4.90 Å². The molecule has 2 aromatic rings. The number of amides is 2. The highest BCUT2D eigenvalue weighted by Crippen LogP contribution is 2.11. The van der Waals surface area contributed by atoms with Gasteiger partial charge >= 0.3 is 6.03 Å². The maximum absolute atomic E-state index is 12.9. The van der Waals surface area contributed by atoms with Gasteiger partial charge < -0.3 is 10.2 Å². The molecule has 1 aromatic heterocycles. The second-order valence-electron chi connectivity index (χ2n) is 5.94. The number of carbonyl (C=O) groups excluding carboxylic acids is 1. The molecule has 24 heavy (non-hydrogen) atoms. The lowest BCUT2D eigenvalue weighted by atomic mass is 10.2. The summed E-state index contributed by atoms with van der Waals surface area (Å²) in [5, 5.41) is 5.01. The molecule has 2 amide bonds. The molecule has 1 saturated heterocycles. The summed E-state index contributed by atoms with van der Waals surface area (Å²) in [6.45, 7) is 4.80. The van der Waals surface area contributed by atoms with Crippen molar-refractivity contribution >= 4 is 17.4 Å². The van der Waals surface area contributed by atoms with Crippen molar-refractivity contribution in [2.45, 2.75) is 13.0 Å². The van der Waals surface area contributed by atoms with Crippen LogP contribution in [0.4, 0.5) is 9.18 Å². The number of rotatable bonds is 5. The molecule has 0 unspecified atom stereocenters. The van der Waals surface area contributed by atoms with Crippen molar-refractivity contribution in [1.29, 1.82) is 0 Å². The molecule has 1 aliphatic heterocycles. The Morgan fingerprint density at radius 1 is 1.12 bits per heavy atom. The Kier molecular flexibility index (Phi) is 5.82. The minimum atomic E-state index is -0.260. The Hall–Kier alpha value is -1.92. The number of nitrogens with zero attached hydrogens (tertiary/aromatic N) is 2. The van der Waals surface area contributed by atoms with Crippen molar-refractivity contribution in [2.75, 3.05) is 32.7 Å². The van der Waals surface area contributed by atoms with Crippen LogP contribution in [0, 0.1) is 5.82 Å². The number of halogens is 1. The van der Waals surface area contributed by atoms with Crippen molar-refractivity contribution in [2.24, 2.45) is 0 Å². The van der Waals surface area contributed by atoms with E-state index in [1.807, 2.05) is 4.90 Å². The molecule has 1 aromatic carbocycles. The van der Waals surface area contributed by atoms with Crippen molar-refractivity contribution in [3.8, 4) is 0 Å². The smallest absolute Gasteiger partial charge is 0.317 e. The Labute approximate surface area is 145 Å². The maximum Gasteiger partial charge on any atom is 0.317 e. The lowest BCUT2D eigenvalue weighted by Gasteiger charge is -2.34. The van der Waals surface area contributed by atoms with E-state index < -0.39 is 0 Å². The quantitative estimate of drug-likeness (QED) is 0.903. The lowest BCUT2D eigenvalue weighted by molar-refractivity contribution is 0.140. The normalized spacial score (nSPS) is 15.5. The molecule has 6 heteroatoms. The number of hydrogen-bond acceptors (Lipinski definition) is 3. The van der Waals surface area contributed by atoms with Crippen LogP contribution < -0.4 is 5.32 Å². The van der Waals surface area contributed by atoms with E-state index in [0.29, 0.717) is 6.54 Å². The molecule has 0 atom stereocenters. The number of urea groups is 1. The fourth-order valence-electron chi connectivity index (χ4n) is 2.79. The highest BCUT2D eigenvalue weighted by atomic mass is 32.1. The molecule has 0 bridgehead atoms. The average Bonchev–Trinajstić information content (AvgIpc) is 3.13. The minimum absolute atomic E-state index is 0.0442. The van der Waals surface area contributed by atoms with Crippen LogP contribution in [0.5, 0.6) is 0 Å². The van der Waals surface area contributed by atoms with Gasteiger partial charge in [0.1, 0.15) is 5.82 Å². The van der Waals surface area contributed by atoms with Gasteiger partial charge in [-0.1, -0.05) is 18.2 Å². The number of piperazine rings is 1. The van der Waals surface area contributed by atoms with Gasteiger partial charge in [-0.25, -0.2) is 9.18 Å². The van der Waals surface area contributed by atoms with Crippen LogP contribution in [0.3, 0.4) is 0 Å². The number of thiophene rings is 1. The highest BCUT2D eigenvalue weighted by Gasteiger charge is 2.20. The topological polar surface area (TPSA) is 35.6 Å². The predicted molar refractivity (Wildman–Crippen MR) is 94.7 cm³/mol. The molecule has 0 radical (unpaired) electrons. The first-order valence-electron chi connectivity index (χ1n) is 8.23. The van der Waals surface area contributed by atoms with Crippen LogP contribution in [0.2, 0.25) is 0 Å². The van der Waals surface area contributed by atoms with Crippen molar-refractivity contribution in [1.82, 2.24) is 15.1 Å². The Morgan fingerprint density at radius 2 is 1.88 bits per heavy atom. The molecular formula is C18H22FN3OS. The molecular weight excluding hydrogens is 325 g/mol. The second-order valence-corrected chi connectivity index (χ2v) is 6.98. The fourth-order valence-corrected chi connectivity index (χ4v) is 3.49. The van der Waals surface area contributed by atoms with Crippen LogP contribution in [0.1, 0.15) is 10.4 Å². The zero-order chi connectivity index (χ0) is 16.8. The Balaban J connectivity index is 1.37. The van der Waals surface area contributed by atoms with E-state index in [9.17, 15) is 9.18 Å². The summed E-state index contributed by atoms with van der Waals surface area (Å²) in [5.74, 6) is -0.260. The summed E-state index contributed by atoms with van der Waals surface area (Å²) in [7, 11) is 0. The summed E-state index contributed by atoms with van der Waals surface area (Å²) in [6.07, 6.45) is 1.08. The van der Waals surface area contributed by atoms with Gasteiger partial charge in [0, 0.05) is 44.1 Å². The minimum Gasteiger partial charge on any atom is -0.334 e. The van der Waals surface area contributed by atoms with Gasteiger partial charge in [-0.15, -0.1) is 11.3 Å². The Morgan fingerprint density at radius 3 is 2.54 bits per heavy atom.